The zero-order valence-corrected chi connectivity index (χ0v) is 18.4. The van der Waals surface area contributed by atoms with Crippen molar-refractivity contribution in [1.82, 2.24) is 0 Å². The highest BCUT2D eigenvalue weighted by atomic mass is 16.5. The maximum atomic E-state index is 12.7. The molecule has 34 heavy (non-hydrogen) atoms. The molecule has 0 radical (unpaired) electrons. The SMILES string of the molecule is COc1ccccc1NC(=O)Cc1cc2ccccc2c(N=Nc2ccc(C(N)=O)cc2)c1O. The van der Waals surface area contributed by atoms with Crippen molar-refractivity contribution in [3.05, 3.63) is 90.0 Å². The van der Waals surface area contributed by atoms with Gasteiger partial charge in [0.1, 0.15) is 17.2 Å². The molecule has 0 aliphatic rings. The molecular formula is C26H22N4O4. The Bertz CT molecular complexity index is 1400. The van der Waals surface area contributed by atoms with E-state index in [0.29, 0.717) is 33.6 Å². The second kappa shape index (κ2) is 9.83. The minimum absolute atomic E-state index is 0.0788. The van der Waals surface area contributed by atoms with Crippen LogP contribution in [-0.4, -0.2) is 24.0 Å². The number of carbonyl (C=O) groups excluding carboxylic acids is 2. The molecule has 0 aromatic heterocycles. The molecule has 0 fully saturated rings. The Balaban J connectivity index is 1.65. The van der Waals surface area contributed by atoms with Gasteiger partial charge in [0.05, 0.1) is 24.9 Å². The van der Waals surface area contributed by atoms with Gasteiger partial charge in [-0.3, -0.25) is 9.59 Å². The summed E-state index contributed by atoms with van der Waals surface area (Å²) < 4.78 is 5.27. The van der Waals surface area contributed by atoms with Crippen LogP contribution in [0.5, 0.6) is 11.5 Å². The number of para-hydroxylation sites is 2. The lowest BCUT2D eigenvalue weighted by Crippen LogP contribution is -2.15. The Morgan fingerprint density at radius 2 is 1.68 bits per heavy atom. The van der Waals surface area contributed by atoms with Crippen LogP contribution >= 0.6 is 0 Å². The number of carbonyl (C=O) groups is 2. The summed E-state index contributed by atoms with van der Waals surface area (Å²) in [6.45, 7) is 0. The molecule has 0 aliphatic carbocycles. The Morgan fingerprint density at radius 1 is 0.971 bits per heavy atom. The molecule has 0 bridgehead atoms. The highest BCUT2D eigenvalue weighted by Gasteiger charge is 2.16. The minimum atomic E-state index is -0.536. The predicted octanol–water partition coefficient (Wildman–Crippen LogP) is 5.25. The number of anilines is 1. The average molecular weight is 454 g/mol. The highest BCUT2D eigenvalue weighted by Crippen LogP contribution is 2.39. The lowest BCUT2D eigenvalue weighted by molar-refractivity contribution is -0.115. The molecule has 0 saturated heterocycles. The van der Waals surface area contributed by atoms with Gasteiger partial charge in [0, 0.05) is 16.5 Å². The minimum Gasteiger partial charge on any atom is -0.505 e. The normalized spacial score (nSPS) is 11.0. The van der Waals surface area contributed by atoms with Gasteiger partial charge in [-0.15, -0.1) is 5.11 Å². The van der Waals surface area contributed by atoms with Crippen molar-refractivity contribution >= 4 is 39.6 Å². The van der Waals surface area contributed by atoms with E-state index >= 15 is 0 Å². The van der Waals surface area contributed by atoms with E-state index in [4.69, 9.17) is 10.5 Å². The summed E-state index contributed by atoms with van der Waals surface area (Å²) in [4.78, 5) is 24.0. The second-order valence-corrected chi connectivity index (χ2v) is 7.49. The highest BCUT2D eigenvalue weighted by molar-refractivity contribution is 5.99. The zero-order valence-electron chi connectivity index (χ0n) is 18.4. The molecule has 0 aliphatic heterocycles. The number of phenols is 1. The maximum absolute atomic E-state index is 12.7. The number of rotatable bonds is 7. The molecule has 4 aromatic rings. The number of amides is 2. The van der Waals surface area contributed by atoms with E-state index in [9.17, 15) is 14.7 Å². The van der Waals surface area contributed by atoms with Gasteiger partial charge < -0.3 is 20.9 Å². The summed E-state index contributed by atoms with van der Waals surface area (Å²) in [5, 5.41) is 23.7. The number of nitrogens with one attached hydrogen (secondary N) is 1. The van der Waals surface area contributed by atoms with Gasteiger partial charge in [-0.1, -0.05) is 36.4 Å². The van der Waals surface area contributed by atoms with Crippen LogP contribution in [0.3, 0.4) is 0 Å². The van der Waals surface area contributed by atoms with Crippen LogP contribution in [0.4, 0.5) is 17.1 Å². The van der Waals surface area contributed by atoms with Crippen LogP contribution in [0.25, 0.3) is 10.8 Å². The summed E-state index contributed by atoms with van der Waals surface area (Å²) in [7, 11) is 1.53. The molecule has 0 saturated carbocycles. The number of ether oxygens (including phenoxy) is 1. The number of methoxy groups -OCH3 is 1. The molecule has 4 rings (SSSR count). The smallest absolute Gasteiger partial charge is 0.248 e. The summed E-state index contributed by atoms with van der Waals surface area (Å²) in [6.07, 6.45) is -0.0788. The maximum Gasteiger partial charge on any atom is 0.248 e. The topological polar surface area (TPSA) is 126 Å². The van der Waals surface area contributed by atoms with E-state index in [1.54, 1.807) is 48.5 Å². The van der Waals surface area contributed by atoms with Gasteiger partial charge in [0.15, 0.2) is 0 Å². The van der Waals surface area contributed by atoms with Crippen molar-refractivity contribution in [3.63, 3.8) is 0 Å². The summed E-state index contributed by atoms with van der Waals surface area (Å²) in [5.41, 5.74) is 7.29. The molecule has 4 N–H and O–H groups in total. The number of hydrogen-bond acceptors (Lipinski definition) is 6. The number of nitrogens with two attached hydrogens (primary N) is 1. The van der Waals surface area contributed by atoms with E-state index in [0.717, 1.165) is 5.39 Å². The monoisotopic (exact) mass is 454 g/mol. The van der Waals surface area contributed by atoms with Gasteiger partial charge >= 0.3 is 0 Å². The van der Waals surface area contributed by atoms with E-state index in [2.05, 4.69) is 15.5 Å². The summed E-state index contributed by atoms with van der Waals surface area (Å²) in [5.74, 6) is -0.451. The first-order valence-corrected chi connectivity index (χ1v) is 10.4. The molecule has 0 unspecified atom stereocenters. The Labute approximate surface area is 195 Å². The number of benzene rings is 4. The van der Waals surface area contributed by atoms with Crippen molar-refractivity contribution in [2.45, 2.75) is 6.42 Å². The number of azo groups is 1. The predicted molar refractivity (Wildman–Crippen MR) is 130 cm³/mol. The van der Waals surface area contributed by atoms with Crippen molar-refractivity contribution in [2.24, 2.45) is 16.0 Å². The van der Waals surface area contributed by atoms with Gasteiger partial charge in [-0.05, 0) is 47.9 Å². The van der Waals surface area contributed by atoms with Gasteiger partial charge in [-0.2, -0.15) is 5.11 Å². The van der Waals surface area contributed by atoms with E-state index in [1.165, 1.54) is 7.11 Å². The number of aromatic hydroxyl groups is 1. The summed E-state index contributed by atoms with van der Waals surface area (Å²) in [6, 6.07) is 22.5. The first-order chi connectivity index (χ1) is 16.5. The van der Waals surface area contributed by atoms with E-state index in [-0.39, 0.29) is 23.8 Å². The number of primary amides is 1. The molecule has 8 nitrogen and oxygen atoms in total. The zero-order chi connectivity index (χ0) is 24.1. The van der Waals surface area contributed by atoms with Crippen molar-refractivity contribution < 1.29 is 19.4 Å². The molecule has 0 atom stereocenters. The van der Waals surface area contributed by atoms with Crippen LogP contribution in [0.2, 0.25) is 0 Å². The van der Waals surface area contributed by atoms with Gasteiger partial charge in [0.2, 0.25) is 11.8 Å². The Kier molecular flexibility index (Phi) is 6.49. The number of hydrogen-bond donors (Lipinski definition) is 3. The van der Waals surface area contributed by atoms with Crippen LogP contribution < -0.4 is 15.8 Å². The molecule has 8 heteroatoms. The third-order valence-corrected chi connectivity index (χ3v) is 5.22. The van der Waals surface area contributed by atoms with Crippen LogP contribution in [-0.2, 0) is 11.2 Å². The molecule has 0 heterocycles. The van der Waals surface area contributed by atoms with Crippen molar-refractivity contribution in [3.8, 4) is 11.5 Å². The van der Waals surface area contributed by atoms with Crippen LogP contribution in [0, 0.1) is 0 Å². The first kappa shape index (κ1) is 22.5. The fourth-order valence-electron chi connectivity index (χ4n) is 3.53. The fraction of sp³-hybridized carbons (Fsp3) is 0.0769. The lowest BCUT2D eigenvalue weighted by Gasteiger charge is -2.12. The second-order valence-electron chi connectivity index (χ2n) is 7.49. The third-order valence-electron chi connectivity index (χ3n) is 5.22. The Morgan fingerprint density at radius 3 is 2.41 bits per heavy atom. The number of nitrogens with zero attached hydrogens (tertiary/aromatic N) is 2. The van der Waals surface area contributed by atoms with Crippen LogP contribution in [0.15, 0.2) is 89.1 Å². The lowest BCUT2D eigenvalue weighted by atomic mass is 10.0. The Hall–Kier alpha value is -4.72. The number of phenolic OH excluding ortho intramolecular Hbond substituents is 1. The van der Waals surface area contributed by atoms with E-state index < -0.39 is 5.91 Å². The molecule has 2 amide bonds. The summed E-state index contributed by atoms with van der Waals surface area (Å²) >= 11 is 0. The molecule has 4 aromatic carbocycles. The third kappa shape index (κ3) is 4.86. The largest absolute Gasteiger partial charge is 0.505 e. The molecule has 0 spiro atoms. The molecular weight excluding hydrogens is 432 g/mol. The molecule has 170 valence electrons. The standard InChI is InChI=1S/C26H22N4O4/c1-34-22-9-5-4-8-21(22)28-23(31)15-18-14-17-6-2-3-7-20(17)24(25(18)32)30-29-19-12-10-16(11-13-19)26(27)33/h2-14,32H,15H2,1H3,(H2,27,33)(H,28,31). The van der Waals surface area contributed by atoms with Gasteiger partial charge in [0.25, 0.3) is 0 Å². The van der Waals surface area contributed by atoms with Crippen molar-refractivity contribution in [2.75, 3.05) is 12.4 Å². The van der Waals surface area contributed by atoms with E-state index in [1.807, 2.05) is 30.3 Å². The quantitative estimate of drug-likeness (QED) is 0.330. The van der Waals surface area contributed by atoms with Crippen LogP contribution in [0.1, 0.15) is 15.9 Å². The first-order valence-electron chi connectivity index (χ1n) is 10.4. The number of fused-ring (bicyclic) bond motifs is 1. The van der Waals surface area contributed by atoms with Gasteiger partial charge in [-0.25, -0.2) is 0 Å². The van der Waals surface area contributed by atoms with Crippen molar-refractivity contribution in [1.29, 1.82) is 0 Å². The fourth-order valence-corrected chi connectivity index (χ4v) is 3.53. The average Bonchev–Trinajstić information content (AvgIpc) is 2.84.